The van der Waals surface area contributed by atoms with E-state index < -0.39 is 6.09 Å². The Labute approximate surface area is 159 Å². The van der Waals surface area contributed by atoms with E-state index in [0.717, 1.165) is 0 Å². The zero-order chi connectivity index (χ0) is 19.8. The highest BCUT2D eigenvalue weighted by Gasteiger charge is 2.26. The molecule has 1 aliphatic heterocycles. The fourth-order valence-corrected chi connectivity index (χ4v) is 3.08. The van der Waals surface area contributed by atoms with Gasteiger partial charge in [0.1, 0.15) is 23.0 Å². The molecule has 144 valence electrons. The highest BCUT2D eigenvalue weighted by molar-refractivity contribution is 5.75. The van der Waals surface area contributed by atoms with E-state index in [1.54, 1.807) is 19.1 Å². The van der Waals surface area contributed by atoms with Crippen LogP contribution in [0.3, 0.4) is 0 Å². The van der Waals surface area contributed by atoms with E-state index in [4.69, 9.17) is 15.2 Å². The third-order valence-corrected chi connectivity index (χ3v) is 4.65. The van der Waals surface area contributed by atoms with Crippen LogP contribution in [0.2, 0.25) is 0 Å². The molecule has 0 atom stereocenters. The molecule has 3 heterocycles. The van der Waals surface area contributed by atoms with Crippen molar-refractivity contribution < 1.29 is 19.4 Å². The number of aromatic hydroxyl groups is 1. The average molecular weight is 382 g/mol. The number of fused-ring (bicyclic) bond motifs is 1. The van der Waals surface area contributed by atoms with Gasteiger partial charge in [0, 0.05) is 24.2 Å². The van der Waals surface area contributed by atoms with Crippen LogP contribution in [0.25, 0.3) is 17.0 Å². The van der Waals surface area contributed by atoms with Crippen LogP contribution in [0.1, 0.15) is 11.1 Å². The maximum absolute atomic E-state index is 12.5. The fraction of sp³-hybridized carbons (Fsp3) is 0.278. The summed E-state index contributed by atoms with van der Waals surface area (Å²) >= 11 is 0. The second kappa shape index (κ2) is 6.79. The molecule has 0 aliphatic carbocycles. The number of nitrogens with zero attached hydrogens (tertiary/aromatic N) is 4. The van der Waals surface area contributed by atoms with E-state index in [9.17, 15) is 15.2 Å². The largest absolute Gasteiger partial charge is 0.506 e. The van der Waals surface area contributed by atoms with Crippen molar-refractivity contribution in [3.63, 3.8) is 0 Å². The quantitative estimate of drug-likeness (QED) is 0.451. The summed E-state index contributed by atoms with van der Waals surface area (Å²) in [5.74, 6) is 0.490. The monoisotopic (exact) mass is 382 g/mol. The number of hydrogen-bond acceptors (Lipinski definition) is 7. The number of rotatable bonds is 2. The van der Waals surface area contributed by atoms with Crippen molar-refractivity contribution >= 4 is 17.4 Å². The highest BCUT2D eigenvalue weighted by Crippen LogP contribution is 2.31. The summed E-state index contributed by atoms with van der Waals surface area (Å²) in [6, 6.07) is 6.77. The zero-order valence-corrected chi connectivity index (χ0v) is 15.1. The molecule has 1 saturated heterocycles. The van der Waals surface area contributed by atoms with E-state index >= 15 is 0 Å². The molecule has 0 radical (unpaired) electrons. The fourth-order valence-electron chi connectivity index (χ4n) is 3.08. The molecule has 1 aromatic carbocycles. The molecule has 0 saturated carbocycles. The summed E-state index contributed by atoms with van der Waals surface area (Å²) in [7, 11) is 0. The Morgan fingerprint density at radius 2 is 2.18 bits per heavy atom. The SMILES string of the molecule is Cc1c(C#N)c(OC(=O)N2CCOCC2)n2nc(-c3ccc(O)c(N)c3)[nH]c12. The summed E-state index contributed by atoms with van der Waals surface area (Å²) in [5.41, 5.74) is 7.98. The van der Waals surface area contributed by atoms with Gasteiger partial charge in [-0.05, 0) is 25.1 Å². The Bertz CT molecular complexity index is 1100. The number of aryl methyl sites for hydroxylation is 1. The van der Waals surface area contributed by atoms with E-state index in [0.29, 0.717) is 48.9 Å². The number of amides is 1. The van der Waals surface area contributed by atoms with E-state index in [1.807, 2.05) is 0 Å². The maximum atomic E-state index is 12.5. The first kappa shape index (κ1) is 17.7. The molecule has 0 spiro atoms. The van der Waals surface area contributed by atoms with Gasteiger partial charge in [-0.25, -0.2) is 4.79 Å². The molecular formula is C18H18N6O4. The first-order valence-electron chi connectivity index (χ1n) is 8.64. The summed E-state index contributed by atoms with van der Waals surface area (Å²) < 4.78 is 12.2. The Kier molecular flexibility index (Phi) is 4.29. The van der Waals surface area contributed by atoms with Crippen molar-refractivity contribution in [2.75, 3.05) is 32.0 Å². The first-order chi connectivity index (χ1) is 13.5. The van der Waals surface area contributed by atoms with Gasteiger partial charge in [0.05, 0.1) is 18.9 Å². The van der Waals surface area contributed by atoms with Crippen LogP contribution in [0.5, 0.6) is 11.6 Å². The number of nitrogens with two attached hydrogens (primary N) is 1. The Morgan fingerprint density at radius 1 is 1.43 bits per heavy atom. The van der Waals surface area contributed by atoms with E-state index in [-0.39, 0.29) is 22.9 Å². The number of nitrogens with one attached hydrogen (secondary N) is 1. The van der Waals surface area contributed by atoms with Crippen LogP contribution in [-0.4, -0.2) is 57.0 Å². The maximum Gasteiger partial charge on any atom is 0.416 e. The van der Waals surface area contributed by atoms with Gasteiger partial charge in [0.2, 0.25) is 5.88 Å². The first-order valence-corrected chi connectivity index (χ1v) is 8.64. The van der Waals surface area contributed by atoms with Crippen LogP contribution < -0.4 is 10.5 Å². The highest BCUT2D eigenvalue weighted by atomic mass is 16.6. The number of aromatic amines is 1. The van der Waals surface area contributed by atoms with Crippen LogP contribution in [0, 0.1) is 18.3 Å². The van der Waals surface area contributed by atoms with Crippen molar-refractivity contribution in [2.24, 2.45) is 0 Å². The minimum absolute atomic E-state index is 0.0231. The van der Waals surface area contributed by atoms with Crippen molar-refractivity contribution in [3.05, 3.63) is 29.3 Å². The number of phenols is 1. The number of nitrogen functional groups attached to an aromatic ring is 1. The number of anilines is 1. The molecule has 28 heavy (non-hydrogen) atoms. The third-order valence-electron chi connectivity index (χ3n) is 4.65. The van der Waals surface area contributed by atoms with Gasteiger partial charge in [-0.15, -0.1) is 5.10 Å². The molecular weight excluding hydrogens is 364 g/mol. The molecule has 10 nitrogen and oxygen atoms in total. The number of carbonyl (C=O) groups excluding carboxylic acids is 1. The molecule has 10 heteroatoms. The van der Waals surface area contributed by atoms with Gasteiger partial charge < -0.3 is 30.2 Å². The second-order valence-electron chi connectivity index (χ2n) is 6.39. The van der Waals surface area contributed by atoms with Crippen molar-refractivity contribution in [2.45, 2.75) is 6.92 Å². The Morgan fingerprint density at radius 3 is 2.86 bits per heavy atom. The van der Waals surface area contributed by atoms with Gasteiger partial charge in [-0.3, -0.25) is 0 Å². The molecule has 4 N–H and O–H groups in total. The van der Waals surface area contributed by atoms with Gasteiger partial charge in [0.25, 0.3) is 0 Å². The predicted molar refractivity (Wildman–Crippen MR) is 98.9 cm³/mol. The van der Waals surface area contributed by atoms with Crippen LogP contribution in [0.15, 0.2) is 18.2 Å². The lowest BCUT2D eigenvalue weighted by atomic mass is 10.2. The van der Waals surface area contributed by atoms with Crippen molar-refractivity contribution in [1.29, 1.82) is 5.26 Å². The number of nitriles is 1. The molecule has 1 fully saturated rings. The summed E-state index contributed by atoms with van der Waals surface area (Å²) in [6.45, 7) is 3.47. The summed E-state index contributed by atoms with van der Waals surface area (Å²) in [6.07, 6.45) is -0.558. The second-order valence-corrected chi connectivity index (χ2v) is 6.39. The van der Waals surface area contributed by atoms with Crippen LogP contribution in [-0.2, 0) is 4.74 Å². The topological polar surface area (TPSA) is 142 Å². The van der Waals surface area contributed by atoms with Gasteiger partial charge in [0.15, 0.2) is 5.82 Å². The number of H-pyrrole nitrogens is 1. The number of benzene rings is 1. The molecule has 4 rings (SSSR count). The average Bonchev–Trinajstić information content (AvgIpc) is 3.24. The van der Waals surface area contributed by atoms with E-state index in [2.05, 4.69) is 16.2 Å². The lowest BCUT2D eigenvalue weighted by molar-refractivity contribution is 0.0410. The lowest BCUT2D eigenvalue weighted by Gasteiger charge is -2.25. The van der Waals surface area contributed by atoms with Crippen molar-refractivity contribution in [3.8, 4) is 29.1 Å². The number of phenolic OH excluding ortho intramolecular Hbond substituents is 1. The number of hydrogen-bond donors (Lipinski definition) is 3. The minimum Gasteiger partial charge on any atom is -0.506 e. The number of carbonyl (C=O) groups is 1. The lowest BCUT2D eigenvalue weighted by Crippen LogP contribution is -2.42. The van der Waals surface area contributed by atoms with Gasteiger partial charge in [-0.2, -0.15) is 9.78 Å². The molecule has 1 amide bonds. The Hall–Kier alpha value is -3.71. The smallest absolute Gasteiger partial charge is 0.416 e. The molecule has 0 unspecified atom stereocenters. The number of aromatic nitrogens is 3. The van der Waals surface area contributed by atoms with Gasteiger partial charge in [-0.1, -0.05) is 0 Å². The van der Waals surface area contributed by atoms with Crippen LogP contribution in [0.4, 0.5) is 10.5 Å². The van der Waals surface area contributed by atoms with Crippen molar-refractivity contribution in [1.82, 2.24) is 19.5 Å². The Balaban J connectivity index is 1.74. The molecule has 3 aromatic rings. The van der Waals surface area contributed by atoms with Crippen LogP contribution >= 0.6 is 0 Å². The molecule has 2 aromatic heterocycles. The normalized spacial score (nSPS) is 14.2. The third kappa shape index (κ3) is 2.87. The summed E-state index contributed by atoms with van der Waals surface area (Å²) in [5, 5.41) is 23.6. The number of morpholine rings is 1. The predicted octanol–water partition coefficient (Wildman–Crippen LogP) is 1.63. The summed E-state index contributed by atoms with van der Waals surface area (Å²) in [4.78, 5) is 17.1. The molecule has 1 aliphatic rings. The zero-order valence-electron chi connectivity index (χ0n) is 15.1. The van der Waals surface area contributed by atoms with Gasteiger partial charge >= 0.3 is 6.09 Å². The molecule has 0 bridgehead atoms. The van der Waals surface area contributed by atoms with E-state index in [1.165, 1.54) is 15.5 Å². The minimum atomic E-state index is -0.558. The number of ether oxygens (including phenoxy) is 2. The standard InChI is InChI=1S/C18H18N6O4/c1-10-12(9-19)17(28-18(26)23-4-6-27-7-5-23)24-16(10)21-15(22-24)11-2-3-14(25)13(20)8-11/h2-3,8,25H,4-7,20H2,1H3,(H,21,22).